The zero-order valence-corrected chi connectivity index (χ0v) is 45.5. The van der Waals surface area contributed by atoms with Crippen molar-refractivity contribution in [2.24, 2.45) is 0 Å². The lowest BCUT2D eigenvalue weighted by Gasteiger charge is -2.28. The van der Waals surface area contributed by atoms with Crippen molar-refractivity contribution in [3.8, 4) is 0 Å². The van der Waals surface area contributed by atoms with Crippen molar-refractivity contribution in [3.63, 3.8) is 0 Å². The molecular weight excluding hydrogens is 844 g/mol. The van der Waals surface area contributed by atoms with E-state index in [9.17, 15) is 24.5 Å². The van der Waals surface area contributed by atoms with Gasteiger partial charge in [-0.3, -0.25) is 13.8 Å². The quantitative estimate of drug-likeness (QED) is 0.0207. The minimum absolute atomic E-state index is 0.0195. The van der Waals surface area contributed by atoms with Gasteiger partial charge in [0.2, 0.25) is 5.91 Å². The molecule has 0 aliphatic heterocycles. The highest BCUT2D eigenvalue weighted by molar-refractivity contribution is 7.47. The molecule has 0 radical (unpaired) electrons. The monoisotopic (exact) mass is 958 g/mol. The maximum absolute atomic E-state index is 13.0. The lowest BCUT2D eigenvalue weighted by molar-refractivity contribution is -0.870. The lowest BCUT2D eigenvalue weighted by atomic mass is 10.0. The van der Waals surface area contributed by atoms with E-state index in [2.05, 4.69) is 31.3 Å². The first-order chi connectivity index (χ1) is 31.9. The van der Waals surface area contributed by atoms with Crippen molar-refractivity contribution in [1.29, 1.82) is 0 Å². The van der Waals surface area contributed by atoms with Crippen LogP contribution < -0.4 is 5.32 Å². The number of phosphoric ester groups is 1. The number of likely N-dealkylation sites (N-methyl/N-ethyl adjacent to an activating group) is 1. The van der Waals surface area contributed by atoms with Gasteiger partial charge in [0.1, 0.15) is 19.3 Å². The van der Waals surface area contributed by atoms with Gasteiger partial charge in [0.05, 0.1) is 39.9 Å². The fourth-order valence-corrected chi connectivity index (χ4v) is 9.53. The number of hydrogen-bond donors (Lipinski definition) is 4. The average molecular weight is 959 g/mol. The van der Waals surface area contributed by atoms with E-state index in [1.807, 2.05) is 21.1 Å². The molecule has 0 rings (SSSR count). The van der Waals surface area contributed by atoms with E-state index in [4.69, 9.17) is 9.05 Å². The van der Waals surface area contributed by atoms with Gasteiger partial charge in [0.15, 0.2) is 0 Å². The van der Waals surface area contributed by atoms with Crippen LogP contribution in [0, 0.1) is 0 Å². The molecule has 66 heavy (non-hydrogen) atoms. The zero-order valence-electron chi connectivity index (χ0n) is 44.6. The summed E-state index contributed by atoms with van der Waals surface area (Å²) < 4.78 is 23.6. The van der Waals surface area contributed by atoms with Crippen LogP contribution in [0.5, 0.6) is 0 Å². The van der Waals surface area contributed by atoms with E-state index in [1.165, 1.54) is 218 Å². The summed E-state index contributed by atoms with van der Waals surface area (Å²) in [6, 6.07) is -1.05. The number of unbranched alkanes of at least 4 members (excludes halogenated alkanes) is 37. The Labute approximate surface area is 410 Å². The Morgan fingerprint density at radius 2 is 0.848 bits per heavy atom. The summed E-state index contributed by atoms with van der Waals surface area (Å²) in [5, 5.41) is 24.8. The van der Waals surface area contributed by atoms with Crippen molar-refractivity contribution in [2.75, 3.05) is 40.9 Å². The van der Waals surface area contributed by atoms with Crippen molar-refractivity contribution in [1.82, 2.24) is 5.32 Å². The number of quaternary nitrogens is 1. The first kappa shape index (κ1) is 65.2. The second kappa shape index (κ2) is 47.9. The Balaban J connectivity index is 4.09. The van der Waals surface area contributed by atoms with Crippen molar-refractivity contribution in [3.05, 3.63) is 12.2 Å². The molecule has 0 aromatic heterocycles. The van der Waals surface area contributed by atoms with Gasteiger partial charge in [0.25, 0.3) is 0 Å². The first-order valence-corrected chi connectivity index (χ1v) is 30.1. The molecule has 394 valence electrons. The summed E-state index contributed by atoms with van der Waals surface area (Å²) in [5.74, 6) is -0.262. The second-order valence-corrected chi connectivity index (χ2v) is 22.6. The SMILES string of the molecule is CCCCCCCCC/C=C/CCCC(O)C(O)C(COP(=O)(O)OCC[N+](C)(C)C)NC(=O)CCCCCCCCCCCCCCCCCCCCCCCCCCCCCCCC. The third-order valence-electron chi connectivity index (χ3n) is 13.4. The molecule has 0 spiro atoms. The molecule has 0 saturated carbocycles. The summed E-state index contributed by atoms with van der Waals surface area (Å²) in [6.07, 6.45) is 54.6. The molecule has 9 nitrogen and oxygen atoms in total. The normalized spacial score (nSPS) is 14.5. The molecule has 0 heterocycles. The molecular formula is C56H114N2O7P+. The van der Waals surface area contributed by atoms with E-state index in [0.717, 1.165) is 32.1 Å². The number of allylic oxidation sites excluding steroid dienone is 2. The topological polar surface area (TPSA) is 125 Å². The summed E-state index contributed by atoms with van der Waals surface area (Å²) >= 11 is 0. The standard InChI is InChI=1S/C56H113N2O7P/c1-6-8-10-12-14-16-18-20-21-22-23-24-25-26-27-28-29-30-31-32-33-34-35-36-37-39-41-43-45-47-49-55(60)57-53(52-65-66(62,63)64-51-50-58(3,4)5)56(61)54(59)48-46-44-42-40-38-19-17-15-13-11-9-7-2/h40,42,53-54,56,59,61H,6-39,41,43-52H2,1-5H3,(H-,57,60,62,63)/p+1/b42-40+. The van der Waals surface area contributed by atoms with Gasteiger partial charge in [-0.05, 0) is 38.5 Å². The molecule has 0 aromatic carbocycles. The van der Waals surface area contributed by atoms with Crippen LogP contribution in [0.15, 0.2) is 12.2 Å². The average Bonchev–Trinajstić information content (AvgIpc) is 3.28. The number of aliphatic hydroxyl groups excluding tert-OH is 2. The predicted octanol–water partition coefficient (Wildman–Crippen LogP) is 16.0. The minimum Gasteiger partial charge on any atom is -0.390 e. The summed E-state index contributed by atoms with van der Waals surface area (Å²) in [7, 11) is 1.43. The smallest absolute Gasteiger partial charge is 0.390 e. The molecule has 0 aliphatic rings. The van der Waals surface area contributed by atoms with E-state index in [-0.39, 0.29) is 12.5 Å². The molecule has 4 unspecified atom stereocenters. The zero-order chi connectivity index (χ0) is 48.7. The largest absolute Gasteiger partial charge is 0.472 e. The Bertz CT molecular complexity index is 1100. The second-order valence-electron chi connectivity index (χ2n) is 21.2. The number of hydrogen-bond acceptors (Lipinski definition) is 6. The maximum atomic E-state index is 13.0. The first-order valence-electron chi connectivity index (χ1n) is 28.6. The van der Waals surface area contributed by atoms with Crippen molar-refractivity contribution in [2.45, 2.75) is 302 Å². The molecule has 10 heteroatoms. The van der Waals surface area contributed by atoms with E-state index < -0.39 is 32.7 Å². The molecule has 0 aliphatic carbocycles. The Morgan fingerprint density at radius 1 is 0.515 bits per heavy atom. The van der Waals surface area contributed by atoms with Crippen molar-refractivity contribution >= 4 is 13.7 Å². The third kappa shape index (κ3) is 48.2. The van der Waals surface area contributed by atoms with Crippen LogP contribution >= 0.6 is 7.82 Å². The summed E-state index contributed by atoms with van der Waals surface area (Å²) in [6.45, 7) is 4.61. The molecule has 0 bridgehead atoms. The van der Waals surface area contributed by atoms with Crippen molar-refractivity contribution < 1.29 is 38.0 Å². The van der Waals surface area contributed by atoms with E-state index in [1.54, 1.807) is 0 Å². The molecule has 4 atom stereocenters. The van der Waals surface area contributed by atoms with Gasteiger partial charge in [-0.1, -0.05) is 251 Å². The molecule has 0 aromatic rings. The van der Waals surface area contributed by atoms with Gasteiger partial charge in [-0.15, -0.1) is 0 Å². The number of carbonyl (C=O) groups is 1. The number of rotatable bonds is 53. The van der Waals surface area contributed by atoms with Crippen LogP contribution in [-0.4, -0.2) is 84.6 Å². The van der Waals surface area contributed by atoms with Gasteiger partial charge in [-0.2, -0.15) is 0 Å². The number of nitrogens with zero attached hydrogens (tertiary/aromatic N) is 1. The van der Waals surface area contributed by atoms with Gasteiger partial charge < -0.3 is 24.9 Å². The Kier molecular flexibility index (Phi) is 47.3. The Morgan fingerprint density at radius 3 is 1.21 bits per heavy atom. The highest BCUT2D eigenvalue weighted by atomic mass is 31.2. The number of aliphatic hydroxyl groups is 2. The summed E-state index contributed by atoms with van der Waals surface area (Å²) in [5.41, 5.74) is 0. The Hall–Kier alpha value is -0.800. The number of carbonyl (C=O) groups excluding carboxylic acids is 1. The maximum Gasteiger partial charge on any atom is 0.472 e. The predicted molar refractivity (Wildman–Crippen MR) is 283 cm³/mol. The van der Waals surface area contributed by atoms with Crippen LogP contribution in [0.3, 0.4) is 0 Å². The van der Waals surface area contributed by atoms with Gasteiger partial charge in [-0.25, -0.2) is 4.57 Å². The van der Waals surface area contributed by atoms with Crippen LogP contribution in [0.1, 0.15) is 284 Å². The van der Waals surface area contributed by atoms with E-state index >= 15 is 0 Å². The number of amides is 1. The highest BCUT2D eigenvalue weighted by Crippen LogP contribution is 2.43. The highest BCUT2D eigenvalue weighted by Gasteiger charge is 2.31. The van der Waals surface area contributed by atoms with Gasteiger partial charge in [0, 0.05) is 6.42 Å². The fraction of sp³-hybridized carbons (Fsp3) is 0.946. The minimum atomic E-state index is -4.42. The molecule has 4 N–H and O–H groups in total. The van der Waals surface area contributed by atoms with E-state index in [0.29, 0.717) is 30.3 Å². The number of phosphoric acid groups is 1. The van der Waals surface area contributed by atoms with Crippen LogP contribution in [0.2, 0.25) is 0 Å². The number of nitrogens with one attached hydrogen (secondary N) is 1. The third-order valence-corrected chi connectivity index (χ3v) is 14.3. The molecule has 1 amide bonds. The van der Waals surface area contributed by atoms with Crippen LogP contribution in [-0.2, 0) is 18.4 Å². The van der Waals surface area contributed by atoms with Gasteiger partial charge >= 0.3 is 7.82 Å². The summed E-state index contributed by atoms with van der Waals surface area (Å²) in [4.78, 5) is 23.3. The van der Waals surface area contributed by atoms with Crippen LogP contribution in [0.4, 0.5) is 0 Å². The molecule has 0 saturated heterocycles. The lowest BCUT2D eigenvalue weighted by Crippen LogP contribution is -2.51. The fourth-order valence-electron chi connectivity index (χ4n) is 8.79. The van der Waals surface area contributed by atoms with Crippen LogP contribution in [0.25, 0.3) is 0 Å². The molecule has 0 fully saturated rings.